The van der Waals surface area contributed by atoms with E-state index in [0.717, 1.165) is 5.70 Å². The van der Waals surface area contributed by atoms with Gasteiger partial charge >= 0.3 is 0 Å². The molecule has 1 atom stereocenters. The molecule has 0 fully saturated rings. The molecule has 0 saturated carbocycles. The standard InChI is InChI=1S/C11H19NO/c1-5-7-11(12-10(4)13)8-9(3)6-2/h5-8,10,12-13H,1-4H3/b7-5-,9-6+,11-8+. The molecule has 0 aromatic heterocycles. The van der Waals surface area contributed by atoms with Crippen LogP contribution >= 0.6 is 0 Å². The van der Waals surface area contributed by atoms with Gasteiger partial charge in [-0.05, 0) is 39.8 Å². The topological polar surface area (TPSA) is 32.3 Å². The lowest BCUT2D eigenvalue weighted by Gasteiger charge is -2.09. The summed E-state index contributed by atoms with van der Waals surface area (Å²) in [6.45, 7) is 7.65. The van der Waals surface area contributed by atoms with Crippen molar-refractivity contribution in [1.29, 1.82) is 0 Å². The van der Waals surface area contributed by atoms with Crippen LogP contribution < -0.4 is 5.32 Å². The second kappa shape index (κ2) is 6.49. The van der Waals surface area contributed by atoms with Gasteiger partial charge in [0.2, 0.25) is 0 Å². The fourth-order valence-electron chi connectivity index (χ4n) is 0.887. The van der Waals surface area contributed by atoms with E-state index in [-0.39, 0.29) is 0 Å². The minimum Gasteiger partial charge on any atom is -0.374 e. The second-order valence-electron chi connectivity index (χ2n) is 2.95. The maximum atomic E-state index is 9.13. The molecular formula is C11H19NO. The molecule has 0 aliphatic heterocycles. The van der Waals surface area contributed by atoms with Crippen LogP contribution in [-0.4, -0.2) is 11.3 Å². The zero-order valence-electron chi connectivity index (χ0n) is 8.83. The Hall–Kier alpha value is -1.02. The van der Waals surface area contributed by atoms with Gasteiger partial charge in [-0.15, -0.1) is 0 Å². The van der Waals surface area contributed by atoms with E-state index < -0.39 is 6.23 Å². The predicted octanol–water partition coefficient (Wildman–Crippen LogP) is 2.34. The van der Waals surface area contributed by atoms with Gasteiger partial charge in [-0.2, -0.15) is 0 Å². The molecule has 0 radical (unpaired) electrons. The fraction of sp³-hybridized carbons (Fsp3) is 0.455. The molecule has 0 aliphatic rings. The smallest absolute Gasteiger partial charge is 0.121 e. The van der Waals surface area contributed by atoms with Crippen LogP contribution in [0.1, 0.15) is 27.7 Å². The molecular weight excluding hydrogens is 162 g/mol. The fourth-order valence-corrected chi connectivity index (χ4v) is 0.887. The van der Waals surface area contributed by atoms with Gasteiger partial charge in [-0.3, -0.25) is 0 Å². The van der Waals surface area contributed by atoms with Gasteiger partial charge in [0.15, 0.2) is 0 Å². The summed E-state index contributed by atoms with van der Waals surface area (Å²) in [5.74, 6) is 0. The maximum Gasteiger partial charge on any atom is 0.121 e. The Labute approximate surface area is 80.7 Å². The van der Waals surface area contributed by atoms with Crippen LogP contribution in [-0.2, 0) is 0 Å². The summed E-state index contributed by atoms with van der Waals surface area (Å²) in [4.78, 5) is 0. The van der Waals surface area contributed by atoms with Crippen molar-refractivity contribution < 1.29 is 5.11 Å². The molecule has 0 spiro atoms. The third-order valence-electron chi connectivity index (χ3n) is 1.56. The number of rotatable bonds is 4. The van der Waals surface area contributed by atoms with Crippen molar-refractivity contribution in [2.45, 2.75) is 33.9 Å². The summed E-state index contributed by atoms with van der Waals surface area (Å²) in [7, 11) is 0. The van der Waals surface area contributed by atoms with E-state index in [4.69, 9.17) is 5.11 Å². The van der Waals surface area contributed by atoms with Crippen LogP contribution in [0.25, 0.3) is 0 Å². The van der Waals surface area contributed by atoms with E-state index in [1.165, 1.54) is 5.57 Å². The Morgan fingerprint density at radius 2 is 2.00 bits per heavy atom. The molecule has 74 valence electrons. The van der Waals surface area contributed by atoms with Crippen LogP contribution in [0, 0.1) is 0 Å². The van der Waals surface area contributed by atoms with E-state index in [2.05, 4.69) is 5.32 Å². The van der Waals surface area contributed by atoms with Crippen molar-refractivity contribution in [2.24, 2.45) is 0 Å². The summed E-state index contributed by atoms with van der Waals surface area (Å²) in [5.41, 5.74) is 2.09. The molecule has 2 N–H and O–H groups in total. The largest absolute Gasteiger partial charge is 0.374 e. The number of allylic oxidation sites excluding steroid dienone is 5. The highest BCUT2D eigenvalue weighted by molar-refractivity contribution is 5.27. The van der Waals surface area contributed by atoms with Gasteiger partial charge in [-0.1, -0.05) is 17.7 Å². The van der Waals surface area contributed by atoms with Crippen molar-refractivity contribution in [1.82, 2.24) is 5.32 Å². The molecule has 2 nitrogen and oxygen atoms in total. The minimum atomic E-state index is -0.521. The van der Waals surface area contributed by atoms with E-state index in [9.17, 15) is 0 Å². The zero-order chi connectivity index (χ0) is 10.3. The summed E-state index contributed by atoms with van der Waals surface area (Å²) >= 11 is 0. The average molecular weight is 181 g/mol. The van der Waals surface area contributed by atoms with Crippen LogP contribution in [0.3, 0.4) is 0 Å². The van der Waals surface area contributed by atoms with Crippen molar-refractivity contribution in [3.8, 4) is 0 Å². The minimum absolute atomic E-state index is 0.521. The number of aliphatic hydroxyl groups is 1. The van der Waals surface area contributed by atoms with Gasteiger partial charge in [0.1, 0.15) is 6.23 Å². The van der Waals surface area contributed by atoms with Crippen molar-refractivity contribution in [2.75, 3.05) is 0 Å². The zero-order valence-corrected chi connectivity index (χ0v) is 8.83. The monoisotopic (exact) mass is 181 g/mol. The second-order valence-corrected chi connectivity index (χ2v) is 2.95. The molecule has 0 aliphatic carbocycles. The third kappa shape index (κ3) is 6.17. The first-order valence-electron chi connectivity index (χ1n) is 4.52. The van der Waals surface area contributed by atoms with Gasteiger partial charge in [0.05, 0.1) is 0 Å². The Kier molecular flexibility index (Phi) is 5.98. The first kappa shape index (κ1) is 12.0. The highest BCUT2D eigenvalue weighted by Gasteiger charge is 1.95. The van der Waals surface area contributed by atoms with Crippen LogP contribution in [0.4, 0.5) is 0 Å². The quantitative estimate of drug-likeness (QED) is 0.515. The number of hydrogen-bond donors (Lipinski definition) is 2. The summed E-state index contributed by atoms with van der Waals surface area (Å²) in [5, 5.41) is 12.1. The summed E-state index contributed by atoms with van der Waals surface area (Å²) in [6, 6.07) is 0. The van der Waals surface area contributed by atoms with Gasteiger partial charge in [0, 0.05) is 5.70 Å². The van der Waals surface area contributed by atoms with Crippen LogP contribution in [0.5, 0.6) is 0 Å². The molecule has 0 bridgehead atoms. The van der Waals surface area contributed by atoms with Gasteiger partial charge in [0.25, 0.3) is 0 Å². The maximum absolute atomic E-state index is 9.13. The lowest BCUT2D eigenvalue weighted by molar-refractivity contribution is 0.170. The third-order valence-corrected chi connectivity index (χ3v) is 1.56. The molecule has 0 saturated heterocycles. The first-order valence-corrected chi connectivity index (χ1v) is 4.52. The molecule has 13 heavy (non-hydrogen) atoms. The predicted molar refractivity (Wildman–Crippen MR) is 57.1 cm³/mol. The Morgan fingerprint density at radius 3 is 2.38 bits per heavy atom. The van der Waals surface area contributed by atoms with Crippen molar-refractivity contribution >= 4 is 0 Å². The molecule has 0 rings (SSSR count). The molecule has 0 heterocycles. The lowest BCUT2D eigenvalue weighted by atomic mass is 10.2. The van der Waals surface area contributed by atoms with Crippen molar-refractivity contribution in [3.63, 3.8) is 0 Å². The first-order chi connectivity index (χ1) is 6.10. The van der Waals surface area contributed by atoms with E-state index in [1.807, 2.05) is 45.1 Å². The molecule has 0 amide bonds. The Morgan fingerprint density at radius 1 is 1.38 bits per heavy atom. The molecule has 0 aromatic carbocycles. The Balaban J connectivity index is 4.50. The summed E-state index contributed by atoms with van der Waals surface area (Å²) < 4.78 is 0. The number of aliphatic hydroxyl groups excluding tert-OH is 1. The summed E-state index contributed by atoms with van der Waals surface area (Å²) in [6.07, 6.45) is 7.36. The SMILES string of the molecule is C\C=C/C(=C\C(C)=C\C)NC(C)O. The lowest BCUT2D eigenvalue weighted by Crippen LogP contribution is -2.23. The molecule has 1 unspecified atom stereocenters. The Bertz CT molecular complexity index is 224. The van der Waals surface area contributed by atoms with Crippen molar-refractivity contribution in [3.05, 3.63) is 35.6 Å². The molecule has 0 aromatic rings. The van der Waals surface area contributed by atoms with Gasteiger partial charge in [-0.25, -0.2) is 0 Å². The van der Waals surface area contributed by atoms with E-state index >= 15 is 0 Å². The normalized spacial score (nSPS) is 16.4. The van der Waals surface area contributed by atoms with Crippen LogP contribution in [0.15, 0.2) is 35.6 Å². The number of nitrogens with one attached hydrogen (secondary N) is 1. The van der Waals surface area contributed by atoms with E-state index in [0.29, 0.717) is 0 Å². The highest BCUT2D eigenvalue weighted by Crippen LogP contribution is 2.01. The number of hydrogen-bond acceptors (Lipinski definition) is 2. The molecule has 2 heteroatoms. The van der Waals surface area contributed by atoms with Gasteiger partial charge < -0.3 is 10.4 Å². The highest BCUT2D eigenvalue weighted by atomic mass is 16.3. The average Bonchev–Trinajstić information content (AvgIpc) is 2.03. The van der Waals surface area contributed by atoms with Crippen LogP contribution in [0.2, 0.25) is 0 Å². The van der Waals surface area contributed by atoms with E-state index in [1.54, 1.807) is 6.92 Å².